The molecule has 0 spiro atoms. The Kier molecular flexibility index (Phi) is 6.04. The number of likely N-dealkylation sites (tertiary alicyclic amines) is 1. The smallest absolute Gasteiger partial charge is 0.410 e. The van der Waals surface area contributed by atoms with E-state index in [1.807, 2.05) is 73.9 Å². The lowest BCUT2D eigenvalue weighted by Gasteiger charge is -2.28. The summed E-state index contributed by atoms with van der Waals surface area (Å²) in [5.41, 5.74) is 2.76. The lowest BCUT2D eigenvalue weighted by molar-refractivity contribution is 0.0183. The number of para-hydroxylation sites is 2. The van der Waals surface area contributed by atoms with Crippen molar-refractivity contribution in [1.29, 1.82) is 5.26 Å². The van der Waals surface area contributed by atoms with Crippen LogP contribution in [0.1, 0.15) is 44.7 Å². The van der Waals surface area contributed by atoms with E-state index >= 15 is 0 Å². The number of rotatable bonds is 5. The number of nitrogens with zero attached hydrogens (tertiary/aromatic N) is 4. The number of imidazole rings is 1. The zero-order chi connectivity index (χ0) is 22.7. The molecule has 7 heteroatoms. The third-order valence-electron chi connectivity index (χ3n) is 5.50. The molecule has 166 valence electrons. The molecule has 0 unspecified atom stereocenters. The largest absolute Gasteiger partial charge is 0.462 e. The number of benzene rings is 2. The normalized spacial score (nSPS) is 16.2. The van der Waals surface area contributed by atoms with Crippen LogP contribution in [-0.4, -0.2) is 45.3 Å². The van der Waals surface area contributed by atoms with Gasteiger partial charge in [-0.2, -0.15) is 10.2 Å². The monoisotopic (exact) mass is 432 g/mol. The van der Waals surface area contributed by atoms with Gasteiger partial charge in [0.05, 0.1) is 35.3 Å². The molecule has 1 atom stereocenters. The highest BCUT2D eigenvalue weighted by molar-refractivity contribution is 5.76. The second-order valence-corrected chi connectivity index (χ2v) is 9.02. The Balaban J connectivity index is 1.56. The summed E-state index contributed by atoms with van der Waals surface area (Å²) in [6.07, 6.45) is 1.47. The third kappa shape index (κ3) is 4.70. The fourth-order valence-electron chi connectivity index (χ4n) is 3.99. The Labute approximate surface area is 188 Å². The Bertz CT molecular complexity index is 1160. The van der Waals surface area contributed by atoms with Crippen LogP contribution in [0.5, 0.6) is 6.01 Å². The maximum absolute atomic E-state index is 12.6. The summed E-state index contributed by atoms with van der Waals surface area (Å²) in [5, 5.41) is 9.48. The molecule has 1 aliphatic heterocycles. The Hall–Kier alpha value is -3.53. The van der Waals surface area contributed by atoms with Gasteiger partial charge in [0.2, 0.25) is 0 Å². The Morgan fingerprint density at radius 1 is 1.19 bits per heavy atom. The van der Waals surface area contributed by atoms with Crippen molar-refractivity contribution in [3.63, 3.8) is 0 Å². The lowest BCUT2D eigenvalue weighted by Crippen LogP contribution is -2.42. The molecule has 0 saturated carbocycles. The van der Waals surface area contributed by atoms with Crippen molar-refractivity contribution in [2.24, 2.45) is 0 Å². The predicted molar refractivity (Wildman–Crippen MR) is 121 cm³/mol. The Morgan fingerprint density at radius 2 is 1.94 bits per heavy atom. The van der Waals surface area contributed by atoms with Gasteiger partial charge in [0.1, 0.15) is 12.2 Å². The van der Waals surface area contributed by atoms with E-state index < -0.39 is 5.60 Å². The molecule has 1 amide bonds. The molecule has 0 aliphatic carbocycles. The summed E-state index contributed by atoms with van der Waals surface area (Å²) in [5.74, 6) is 0. The number of fused-ring (bicyclic) bond motifs is 1. The van der Waals surface area contributed by atoms with Crippen LogP contribution in [0, 0.1) is 11.3 Å². The molecule has 2 aromatic carbocycles. The van der Waals surface area contributed by atoms with Crippen molar-refractivity contribution in [1.82, 2.24) is 14.5 Å². The third-order valence-corrected chi connectivity index (χ3v) is 5.50. The van der Waals surface area contributed by atoms with Gasteiger partial charge < -0.3 is 14.4 Å². The second kappa shape index (κ2) is 8.91. The van der Waals surface area contributed by atoms with E-state index in [0.29, 0.717) is 31.3 Å². The van der Waals surface area contributed by atoms with E-state index in [1.165, 1.54) is 0 Å². The molecule has 0 radical (unpaired) electrons. The number of amides is 1. The molecule has 3 aromatic rings. The molecular formula is C25H28N4O3. The number of carbonyl (C=O) groups is 1. The lowest BCUT2D eigenvalue weighted by atomic mass is 10.1. The topological polar surface area (TPSA) is 80.4 Å². The highest BCUT2D eigenvalue weighted by atomic mass is 16.6. The summed E-state index contributed by atoms with van der Waals surface area (Å²) in [7, 11) is 0. The van der Waals surface area contributed by atoms with Gasteiger partial charge in [0, 0.05) is 6.54 Å². The number of ether oxygens (including phenoxy) is 2. The molecule has 1 fully saturated rings. The average Bonchev–Trinajstić information content (AvgIpc) is 3.36. The fraction of sp³-hybridized carbons (Fsp3) is 0.400. The number of hydrogen-bond acceptors (Lipinski definition) is 5. The van der Waals surface area contributed by atoms with Crippen LogP contribution in [0.15, 0.2) is 48.5 Å². The molecule has 0 bridgehead atoms. The Morgan fingerprint density at radius 3 is 2.72 bits per heavy atom. The van der Waals surface area contributed by atoms with Crippen LogP contribution in [-0.2, 0) is 11.3 Å². The van der Waals surface area contributed by atoms with E-state index in [9.17, 15) is 10.1 Å². The summed E-state index contributed by atoms with van der Waals surface area (Å²) in [4.78, 5) is 19.0. The summed E-state index contributed by atoms with van der Waals surface area (Å²) < 4.78 is 13.7. The van der Waals surface area contributed by atoms with Crippen molar-refractivity contribution in [3.05, 3.63) is 59.7 Å². The summed E-state index contributed by atoms with van der Waals surface area (Å²) in [6, 6.07) is 18.0. The van der Waals surface area contributed by atoms with E-state index in [4.69, 9.17) is 9.47 Å². The number of nitriles is 1. The quantitative estimate of drug-likeness (QED) is 0.582. The van der Waals surface area contributed by atoms with Crippen LogP contribution < -0.4 is 4.74 Å². The van der Waals surface area contributed by atoms with Gasteiger partial charge in [0.25, 0.3) is 6.01 Å². The van der Waals surface area contributed by atoms with Crippen LogP contribution >= 0.6 is 0 Å². The maximum atomic E-state index is 12.6. The van der Waals surface area contributed by atoms with Gasteiger partial charge in [-0.25, -0.2) is 4.79 Å². The highest BCUT2D eigenvalue weighted by Crippen LogP contribution is 2.26. The molecule has 2 heterocycles. The summed E-state index contributed by atoms with van der Waals surface area (Å²) >= 11 is 0. The first-order valence-electron chi connectivity index (χ1n) is 10.9. The molecule has 0 N–H and O–H groups in total. The van der Waals surface area contributed by atoms with E-state index in [1.54, 1.807) is 4.90 Å². The fourth-order valence-corrected chi connectivity index (χ4v) is 3.99. The molecule has 1 aromatic heterocycles. The highest BCUT2D eigenvalue weighted by Gasteiger charge is 2.33. The van der Waals surface area contributed by atoms with E-state index in [2.05, 4.69) is 11.1 Å². The predicted octanol–water partition coefficient (Wildman–Crippen LogP) is 4.73. The van der Waals surface area contributed by atoms with Crippen molar-refractivity contribution in [2.45, 2.75) is 51.8 Å². The van der Waals surface area contributed by atoms with Crippen molar-refractivity contribution >= 4 is 17.1 Å². The standard InChI is InChI=1S/C25H28N4O3/c1-25(2,3)32-24(30)28-14-8-11-20(28)17-31-23-27-21-12-6-7-13-22(21)29(23)16-19-10-5-4-9-18(19)15-26/h4-7,9-10,12-13,20H,8,11,14,16-17H2,1-3H3/t20-/m0/s1. The minimum absolute atomic E-state index is 0.0653. The molecule has 1 saturated heterocycles. The van der Waals surface area contributed by atoms with Crippen LogP contribution in [0.4, 0.5) is 4.79 Å². The molecule has 7 nitrogen and oxygen atoms in total. The van der Waals surface area contributed by atoms with Gasteiger partial charge >= 0.3 is 6.09 Å². The molecule has 32 heavy (non-hydrogen) atoms. The van der Waals surface area contributed by atoms with E-state index in [0.717, 1.165) is 29.4 Å². The zero-order valence-electron chi connectivity index (χ0n) is 18.7. The minimum Gasteiger partial charge on any atom is -0.462 e. The first kappa shape index (κ1) is 21.7. The molecule has 4 rings (SSSR count). The van der Waals surface area contributed by atoms with Crippen LogP contribution in [0.2, 0.25) is 0 Å². The van der Waals surface area contributed by atoms with Crippen LogP contribution in [0.3, 0.4) is 0 Å². The van der Waals surface area contributed by atoms with Crippen molar-refractivity contribution in [3.8, 4) is 12.1 Å². The van der Waals surface area contributed by atoms with Gasteiger partial charge in [-0.05, 0) is 57.4 Å². The molecule has 1 aliphatic rings. The van der Waals surface area contributed by atoms with Gasteiger partial charge in [0.15, 0.2) is 0 Å². The number of carbonyl (C=O) groups excluding carboxylic acids is 1. The average molecular weight is 433 g/mol. The van der Waals surface area contributed by atoms with E-state index in [-0.39, 0.29) is 12.1 Å². The van der Waals surface area contributed by atoms with Crippen LogP contribution in [0.25, 0.3) is 11.0 Å². The minimum atomic E-state index is -0.535. The number of aromatic nitrogens is 2. The zero-order valence-corrected chi connectivity index (χ0v) is 18.7. The second-order valence-electron chi connectivity index (χ2n) is 9.02. The van der Waals surface area contributed by atoms with Gasteiger partial charge in [-0.1, -0.05) is 30.3 Å². The summed E-state index contributed by atoms with van der Waals surface area (Å²) in [6.45, 7) is 7.08. The van der Waals surface area contributed by atoms with Crippen molar-refractivity contribution < 1.29 is 14.3 Å². The first-order valence-corrected chi connectivity index (χ1v) is 10.9. The van der Waals surface area contributed by atoms with Crippen molar-refractivity contribution in [2.75, 3.05) is 13.2 Å². The number of hydrogen-bond donors (Lipinski definition) is 0. The first-order chi connectivity index (χ1) is 15.4. The van der Waals surface area contributed by atoms with Gasteiger partial charge in [-0.3, -0.25) is 4.57 Å². The maximum Gasteiger partial charge on any atom is 0.410 e. The molecular weight excluding hydrogens is 404 g/mol. The SMILES string of the molecule is CC(C)(C)OC(=O)N1CCC[C@H]1COc1nc2ccccc2n1Cc1ccccc1C#N. The van der Waals surface area contributed by atoms with Gasteiger partial charge in [-0.15, -0.1) is 0 Å².